The van der Waals surface area contributed by atoms with Crippen LogP contribution in [0.15, 0.2) is 49.1 Å². The molecule has 0 fully saturated rings. The van der Waals surface area contributed by atoms with Crippen molar-refractivity contribution in [3.8, 4) is 0 Å². The molecule has 3 aromatic rings. The first-order chi connectivity index (χ1) is 13.2. The average Bonchev–Trinajstić information content (AvgIpc) is 3.31. The van der Waals surface area contributed by atoms with Gasteiger partial charge in [-0.25, -0.2) is 4.98 Å². The number of hydrogen-bond acceptors (Lipinski definition) is 4. The normalized spacial score (nSPS) is 15.9. The van der Waals surface area contributed by atoms with Crippen LogP contribution in [0.25, 0.3) is 10.9 Å². The van der Waals surface area contributed by atoms with Crippen LogP contribution in [0.2, 0.25) is 0 Å². The molecule has 5 nitrogen and oxygen atoms in total. The summed E-state index contributed by atoms with van der Waals surface area (Å²) in [6.45, 7) is 6.91. The van der Waals surface area contributed by atoms with Crippen LogP contribution in [-0.2, 0) is 29.0 Å². The topological polar surface area (TPSA) is 39.5 Å². The number of rotatable bonds is 3. The van der Waals surface area contributed by atoms with Gasteiger partial charge in [-0.3, -0.25) is 0 Å². The van der Waals surface area contributed by atoms with Gasteiger partial charge in [0, 0.05) is 30.4 Å². The summed E-state index contributed by atoms with van der Waals surface area (Å²) in [4.78, 5) is 7.20. The maximum absolute atomic E-state index is 5.51. The molecule has 4 heterocycles. The van der Waals surface area contributed by atoms with Gasteiger partial charge in [-0.1, -0.05) is 24.3 Å². The molecule has 0 saturated carbocycles. The fourth-order valence-electron chi connectivity index (χ4n) is 4.25. The maximum Gasteiger partial charge on any atom is 0.257 e. The molecule has 0 unspecified atom stereocenters. The molecular formula is C22H24ClN3O2. The zero-order valence-corrected chi connectivity index (χ0v) is 16.9. The van der Waals surface area contributed by atoms with E-state index in [9.17, 15) is 0 Å². The highest BCUT2D eigenvalue weighted by Gasteiger charge is 2.24. The Morgan fingerprint density at radius 1 is 1.07 bits per heavy atom. The summed E-state index contributed by atoms with van der Waals surface area (Å²) in [5.41, 5.74) is 6.55. The van der Waals surface area contributed by atoms with Crippen molar-refractivity contribution < 1.29 is 9.47 Å². The molecule has 0 spiro atoms. The lowest BCUT2D eigenvalue weighted by Crippen LogP contribution is -2.31. The highest BCUT2D eigenvalue weighted by Crippen LogP contribution is 2.34. The summed E-state index contributed by atoms with van der Waals surface area (Å²) < 4.78 is 13.3. The van der Waals surface area contributed by atoms with Crippen LogP contribution in [0.4, 0.5) is 5.82 Å². The number of aryl methyl sites for hydroxylation is 1. The summed E-state index contributed by atoms with van der Waals surface area (Å²) >= 11 is 0. The van der Waals surface area contributed by atoms with E-state index in [1.165, 1.54) is 33.3 Å². The van der Waals surface area contributed by atoms with Crippen LogP contribution in [0.1, 0.15) is 22.4 Å². The minimum atomic E-state index is -0.267. The third-order valence-corrected chi connectivity index (χ3v) is 5.80. The highest BCUT2D eigenvalue weighted by molar-refractivity contribution is 5.95. The lowest BCUT2D eigenvalue weighted by Gasteiger charge is -2.30. The van der Waals surface area contributed by atoms with Gasteiger partial charge in [0.25, 0.3) is 6.29 Å². The monoisotopic (exact) mass is 397 g/mol. The van der Waals surface area contributed by atoms with Gasteiger partial charge in [-0.05, 0) is 43.0 Å². The number of nitrogens with zero attached hydrogens (tertiary/aromatic N) is 3. The Balaban J connectivity index is 0.00000192. The summed E-state index contributed by atoms with van der Waals surface area (Å²) in [5, 5.41) is 1.24. The second-order valence-electron chi connectivity index (χ2n) is 7.26. The number of anilines is 1. The molecule has 2 aliphatic rings. The van der Waals surface area contributed by atoms with Gasteiger partial charge in [0.1, 0.15) is 18.3 Å². The maximum atomic E-state index is 5.51. The molecule has 0 amide bonds. The van der Waals surface area contributed by atoms with Crippen molar-refractivity contribution in [1.29, 1.82) is 0 Å². The minimum Gasteiger partial charge on any atom is -0.457 e. The van der Waals surface area contributed by atoms with Crippen LogP contribution >= 0.6 is 12.4 Å². The Morgan fingerprint density at radius 3 is 2.61 bits per heavy atom. The predicted octanol–water partition coefficient (Wildman–Crippen LogP) is 4.48. The third-order valence-electron chi connectivity index (χ3n) is 5.80. The molecule has 0 bridgehead atoms. The van der Waals surface area contributed by atoms with E-state index in [0.717, 1.165) is 25.3 Å². The molecule has 0 radical (unpaired) electrons. The van der Waals surface area contributed by atoms with E-state index in [1.807, 2.05) is 6.20 Å². The lowest BCUT2D eigenvalue weighted by molar-refractivity contribution is -0.0337. The largest absolute Gasteiger partial charge is 0.457 e. The standard InChI is InChI=1S/C22H23N3O2.ClH/c1-15-16(2)25(14-20-26-11-12-27-20)19-7-9-23-22(21(15)19)24-10-8-17-5-3-4-6-18(17)13-24;/h3-7,9,11-12,20H,8,10,13-14H2,1-2H3;1H. The fraction of sp³-hybridized carbons (Fsp3) is 0.318. The van der Waals surface area contributed by atoms with Crippen molar-refractivity contribution in [3.05, 3.63) is 71.4 Å². The van der Waals surface area contributed by atoms with Crippen LogP contribution in [-0.4, -0.2) is 22.4 Å². The molecule has 2 aromatic heterocycles. The van der Waals surface area contributed by atoms with Crippen molar-refractivity contribution in [2.45, 2.75) is 39.6 Å². The first-order valence-electron chi connectivity index (χ1n) is 9.44. The molecule has 6 heteroatoms. The molecule has 0 N–H and O–H groups in total. The Labute approximate surface area is 171 Å². The number of hydrogen-bond donors (Lipinski definition) is 0. The van der Waals surface area contributed by atoms with Gasteiger partial charge < -0.3 is 18.9 Å². The van der Waals surface area contributed by atoms with Gasteiger partial charge in [0.15, 0.2) is 0 Å². The van der Waals surface area contributed by atoms with Gasteiger partial charge in [-0.15, -0.1) is 12.4 Å². The third kappa shape index (κ3) is 3.00. The second-order valence-corrected chi connectivity index (χ2v) is 7.26. The zero-order chi connectivity index (χ0) is 18.4. The average molecular weight is 398 g/mol. The molecule has 5 rings (SSSR count). The molecule has 28 heavy (non-hydrogen) atoms. The van der Waals surface area contributed by atoms with Crippen molar-refractivity contribution in [2.24, 2.45) is 0 Å². The summed E-state index contributed by atoms with van der Waals surface area (Å²) in [7, 11) is 0. The number of aromatic nitrogens is 2. The molecule has 1 aromatic carbocycles. The first-order valence-corrected chi connectivity index (χ1v) is 9.44. The van der Waals surface area contributed by atoms with Crippen LogP contribution < -0.4 is 4.90 Å². The van der Waals surface area contributed by atoms with E-state index >= 15 is 0 Å². The summed E-state index contributed by atoms with van der Waals surface area (Å²) in [6, 6.07) is 10.8. The SMILES string of the molecule is Cc1c(C)n(CC2OC=CO2)c2ccnc(N3CCc4ccccc4C3)c12.Cl. The van der Waals surface area contributed by atoms with Gasteiger partial charge in [0.2, 0.25) is 0 Å². The Bertz CT molecular complexity index is 1040. The van der Waals surface area contributed by atoms with Crippen LogP contribution in [0.3, 0.4) is 0 Å². The van der Waals surface area contributed by atoms with E-state index in [4.69, 9.17) is 14.5 Å². The Morgan fingerprint density at radius 2 is 1.82 bits per heavy atom. The van der Waals surface area contributed by atoms with E-state index in [2.05, 4.69) is 53.6 Å². The number of halogens is 1. The molecule has 0 aliphatic carbocycles. The predicted molar refractivity (Wildman–Crippen MR) is 113 cm³/mol. The van der Waals surface area contributed by atoms with E-state index in [1.54, 1.807) is 12.5 Å². The fourth-order valence-corrected chi connectivity index (χ4v) is 4.25. The Kier molecular flexibility index (Phi) is 4.94. The van der Waals surface area contributed by atoms with Crippen LogP contribution in [0, 0.1) is 13.8 Å². The number of ether oxygens (including phenoxy) is 2. The molecule has 146 valence electrons. The van der Waals surface area contributed by atoms with E-state index < -0.39 is 0 Å². The van der Waals surface area contributed by atoms with Crippen molar-refractivity contribution in [1.82, 2.24) is 9.55 Å². The number of fused-ring (bicyclic) bond motifs is 2. The quantitative estimate of drug-likeness (QED) is 0.653. The smallest absolute Gasteiger partial charge is 0.257 e. The molecule has 0 saturated heterocycles. The second kappa shape index (κ2) is 7.40. The van der Waals surface area contributed by atoms with Gasteiger partial charge in [-0.2, -0.15) is 0 Å². The minimum absolute atomic E-state index is 0. The molecular weight excluding hydrogens is 374 g/mol. The Hall–Kier alpha value is -2.66. The van der Waals surface area contributed by atoms with Crippen molar-refractivity contribution >= 4 is 29.1 Å². The van der Waals surface area contributed by atoms with Crippen molar-refractivity contribution in [2.75, 3.05) is 11.4 Å². The lowest BCUT2D eigenvalue weighted by atomic mass is 9.99. The van der Waals surface area contributed by atoms with E-state index in [0.29, 0.717) is 6.54 Å². The number of pyridine rings is 1. The van der Waals surface area contributed by atoms with Gasteiger partial charge in [0.05, 0.1) is 12.1 Å². The van der Waals surface area contributed by atoms with Gasteiger partial charge >= 0.3 is 0 Å². The molecule has 0 atom stereocenters. The first kappa shape index (κ1) is 18.7. The summed E-state index contributed by atoms with van der Waals surface area (Å²) in [6.07, 6.45) is 5.93. The molecule has 2 aliphatic heterocycles. The van der Waals surface area contributed by atoms with E-state index in [-0.39, 0.29) is 18.7 Å². The summed E-state index contributed by atoms with van der Waals surface area (Å²) in [5.74, 6) is 1.08. The number of benzene rings is 1. The highest BCUT2D eigenvalue weighted by atomic mass is 35.5. The van der Waals surface area contributed by atoms with Crippen LogP contribution in [0.5, 0.6) is 0 Å². The van der Waals surface area contributed by atoms with Crippen molar-refractivity contribution in [3.63, 3.8) is 0 Å². The zero-order valence-electron chi connectivity index (χ0n) is 16.1.